The number of hydrogen-bond donors (Lipinski definition) is 1. The molecule has 1 aromatic carbocycles. The molecule has 0 radical (unpaired) electrons. The summed E-state index contributed by atoms with van der Waals surface area (Å²) in [6.07, 6.45) is 3.36. The van der Waals surface area contributed by atoms with Crippen LogP contribution in [0.25, 0.3) is 5.57 Å². The predicted molar refractivity (Wildman–Crippen MR) is 115 cm³/mol. The second kappa shape index (κ2) is 8.48. The fraction of sp³-hybridized carbons (Fsp3) is 0.545. The quantitative estimate of drug-likeness (QED) is 0.725. The number of methoxy groups -OCH3 is 1. The van der Waals surface area contributed by atoms with E-state index in [0.717, 1.165) is 40.4 Å². The molecule has 1 N–H and O–H groups in total. The minimum atomic E-state index is -0.678. The third-order valence-electron chi connectivity index (χ3n) is 5.86. The number of carbonyl (C=O) groups excluding carboxylic acids is 2. The van der Waals surface area contributed by atoms with Crippen molar-refractivity contribution in [2.45, 2.75) is 57.6 Å². The molecule has 3 rings (SSSR count). The molecule has 1 aliphatic heterocycles. The second-order valence-corrected chi connectivity index (χ2v) is 8.93. The molecule has 158 valence electrons. The highest BCUT2D eigenvalue weighted by Crippen LogP contribution is 2.46. The molecular weight excluding hydrogens is 436 g/mol. The van der Waals surface area contributed by atoms with Gasteiger partial charge in [0.15, 0.2) is 0 Å². The molecular formula is C22H29BrN2O4. The highest BCUT2D eigenvalue weighted by Gasteiger charge is 2.50. The molecule has 2 aliphatic rings. The van der Waals surface area contributed by atoms with Crippen LogP contribution in [0.2, 0.25) is 0 Å². The minimum absolute atomic E-state index is 0.157. The molecule has 0 aromatic heterocycles. The monoisotopic (exact) mass is 464 g/mol. The summed E-state index contributed by atoms with van der Waals surface area (Å²) >= 11 is 3.65. The van der Waals surface area contributed by atoms with E-state index in [4.69, 9.17) is 9.47 Å². The number of hydrogen-bond acceptors (Lipinski definition) is 4. The topological polar surface area (TPSA) is 67.9 Å². The van der Waals surface area contributed by atoms with Crippen molar-refractivity contribution in [1.82, 2.24) is 10.2 Å². The van der Waals surface area contributed by atoms with E-state index < -0.39 is 11.6 Å². The van der Waals surface area contributed by atoms with Gasteiger partial charge in [0.05, 0.1) is 17.2 Å². The maximum atomic E-state index is 13.2. The lowest BCUT2D eigenvalue weighted by Crippen LogP contribution is -2.49. The van der Waals surface area contributed by atoms with Crippen molar-refractivity contribution in [3.63, 3.8) is 0 Å². The van der Waals surface area contributed by atoms with E-state index in [9.17, 15) is 9.59 Å². The van der Waals surface area contributed by atoms with E-state index in [2.05, 4.69) is 34.2 Å². The molecule has 7 heteroatoms. The molecule has 1 fully saturated rings. The van der Waals surface area contributed by atoms with E-state index >= 15 is 0 Å². The smallest absolute Gasteiger partial charge is 0.411 e. The van der Waals surface area contributed by atoms with Gasteiger partial charge in [-0.05, 0) is 56.2 Å². The lowest BCUT2D eigenvalue weighted by atomic mass is 9.79. The van der Waals surface area contributed by atoms with Crippen LogP contribution in [0.4, 0.5) is 4.79 Å². The molecule has 0 bridgehead atoms. The van der Waals surface area contributed by atoms with Gasteiger partial charge < -0.3 is 19.7 Å². The van der Waals surface area contributed by atoms with E-state index in [0.29, 0.717) is 24.2 Å². The largest absolute Gasteiger partial charge is 0.414 e. The maximum Gasteiger partial charge on any atom is 0.414 e. The molecule has 6 nitrogen and oxygen atoms in total. The summed E-state index contributed by atoms with van der Waals surface area (Å²) in [5, 5.41) is 3.16. The summed E-state index contributed by atoms with van der Waals surface area (Å²) in [4.78, 5) is 27.1. The van der Waals surface area contributed by atoms with Crippen LogP contribution < -0.4 is 5.32 Å². The lowest BCUT2D eigenvalue weighted by molar-refractivity contribution is -0.116. The number of aryl methyl sites for hydroxylation is 2. The normalized spacial score (nSPS) is 24.1. The Bertz CT molecular complexity index is 855. The van der Waals surface area contributed by atoms with Gasteiger partial charge in [0.25, 0.3) is 5.91 Å². The first-order valence-electron chi connectivity index (χ1n) is 10.0. The molecule has 0 atom stereocenters. The van der Waals surface area contributed by atoms with Gasteiger partial charge in [-0.1, -0.05) is 28.9 Å². The van der Waals surface area contributed by atoms with Crippen molar-refractivity contribution in [1.29, 1.82) is 0 Å². The Morgan fingerprint density at radius 3 is 2.52 bits per heavy atom. The number of amides is 2. The highest BCUT2D eigenvalue weighted by molar-refractivity contribution is 9.10. The average Bonchev–Trinajstić information content (AvgIpc) is 2.92. The third-order valence-corrected chi connectivity index (χ3v) is 6.49. The Hall–Kier alpha value is -1.86. The van der Waals surface area contributed by atoms with Gasteiger partial charge in [-0.25, -0.2) is 4.79 Å². The zero-order valence-corrected chi connectivity index (χ0v) is 19.3. The molecule has 1 aliphatic carbocycles. The van der Waals surface area contributed by atoms with Gasteiger partial charge in [0.2, 0.25) is 0 Å². The fourth-order valence-corrected chi connectivity index (χ4v) is 5.09. The number of rotatable bonds is 4. The zero-order valence-electron chi connectivity index (χ0n) is 17.7. The number of ether oxygens (including phenoxy) is 2. The summed E-state index contributed by atoms with van der Waals surface area (Å²) in [6, 6.07) is 4.07. The third kappa shape index (κ3) is 4.08. The predicted octanol–water partition coefficient (Wildman–Crippen LogP) is 4.19. The molecule has 2 amide bonds. The first kappa shape index (κ1) is 21.8. The Morgan fingerprint density at radius 2 is 1.97 bits per heavy atom. The summed E-state index contributed by atoms with van der Waals surface area (Å²) in [7, 11) is 4.99. The number of carbonyl (C=O) groups is 2. The molecule has 29 heavy (non-hydrogen) atoms. The number of nitrogens with zero attached hydrogens (tertiary/aromatic N) is 1. The summed E-state index contributed by atoms with van der Waals surface area (Å²) < 4.78 is 12.2. The number of nitrogens with one attached hydrogen (secondary N) is 1. The Kier molecular flexibility index (Phi) is 6.39. The Morgan fingerprint density at radius 1 is 1.31 bits per heavy atom. The summed E-state index contributed by atoms with van der Waals surface area (Å²) in [5.41, 5.74) is 2.74. The van der Waals surface area contributed by atoms with Crippen molar-refractivity contribution in [3.8, 4) is 0 Å². The zero-order chi connectivity index (χ0) is 21.3. The van der Waals surface area contributed by atoms with Gasteiger partial charge >= 0.3 is 6.09 Å². The van der Waals surface area contributed by atoms with Crippen LogP contribution in [-0.2, 0) is 20.7 Å². The van der Waals surface area contributed by atoms with Gasteiger partial charge in [-0.3, -0.25) is 4.79 Å². The molecule has 0 unspecified atom stereocenters. The van der Waals surface area contributed by atoms with Crippen LogP contribution >= 0.6 is 15.9 Å². The van der Waals surface area contributed by atoms with E-state index in [1.807, 2.05) is 13.0 Å². The molecule has 1 aromatic rings. The molecule has 1 spiro atoms. The van der Waals surface area contributed by atoms with Gasteiger partial charge in [-0.2, -0.15) is 0 Å². The Labute approximate surface area is 180 Å². The standard InChI is InChI=1S/C22H29BrN2O4/c1-6-14-11-13(2)12-16(23)17(14)18-19(29-21(27)25(3)4)22(24-20(18)26)9-7-15(28-5)8-10-22/h11-12,15H,6-10H2,1-5H3,(H,24,26). The first-order chi connectivity index (χ1) is 13.7. The van der Waals surface area contributed by atoms with Crippen molar-refractivity contribution in [2.75, 3.05) is 21.2 Å². The van der Waals surface area contributed by atoms with Crippen molar-refractivity contribution in [2.24, 2.45) is 0 Å². The first-order valence-corrected chi connectivity index (χ1v) is 10.8. The van der Waals surface area contributed by atoms with Crippen LogP contribution in [0, 0.1) is 6.92 Å². The molecule has 1 heterocycles. The van der Waals surface area contributed by atoms with Crippen molar-refractivity contribution < 1.29 is 19.1 Å². The van der Waals surface area contributed by atoms with Crippen LogP contribution in [-0.4, -0.2) is 49.7 Å². The van der Waals surface area contributed by atoms with Crippen molar-refractivity contribution >= 4 is 33.5 Å². The van der Waals surface area contributed by atoms with E-state index in [-0.39, 0.29) is 12.0 Å². The summed E-state index contributed by atoms with van der Waals surface area (Å²) in [6.45, 7) is 4.08. The van der Waals surface area contributed by atoms with Gasteiger partial charge in [0, 0.05) is 31.2 Å². The summed E-state index contributed by atoms with van der Waals surface area (Å²) in [5.74, 6) is 0.247. The lowest BCUT2D eigenvalue weighted by Gasteiger charge is -2.38. The van der Waals surface area contributed by atoms with E-state index in [1.165, 1.54) is 4.90 Å². The van der Waals surface area contributed by atoms with Gasteiger partial charge in [-0.15, -0.1) is 0 Å². The maximum absolute atomic E-state index is 13.2. The SMILES string of the molecule is CCc1cc(C)cc(Br)c1C1=C(OC(=O)N(C)C)C2(CCC(OC)CC2)NC1=O. The number of halogens is 1. The number of benzene rings is 1. The Balaban J connectivity index is 2.18. The van der Waals surface area contributed by atoms with Gasteiger partial charge in [0.1, 0.15) is 5.76 Å². The van der Waals surface area contributed by atoms with Crippen molar-refractivity contribution in [3.05, 3.63) is 39.1 Å². The fourth-order valence-electron chi connectivity index (χ4n) is 4.28. The average molecular weight is 465 g/mol. The van der Waals surface area contributed by atoms with Crippen LogP contribution in [0.3, 0.4) is 0 Å². The minimum Gasteiger partial charge on any atom is -0.411 e. The second-order valence-electron chi connectivity index (χ2n) is 8.07. The highest BCUT2D eigenvalue weighted by atomic mass is 79.9. The van der Waals surface area contributed by atoms with E-state index in [1.54, 1.807) is 21.2 Å². The van der Waals surface area contributed by atoms with Crippen LogP contribution in [0.1, 0.15) is 49.3 Å². The molecule has 0 saturated heterocycles. The molecule has 1 saturated carbocycles. The van der Waals surface area contributed by atoms with Crippen LogP contribution in [0.5, 0.6) is 0 Å². The van der Waals surface area contributed by atoms with Crippen LogP contribution in [0.15, 0.2) is 22.4 Å².